The van der Waals surface area contributed by atoms with Crippen LogP contribution in [0, 0.1) is 0 Å². The van der Waals surface area contributed by atoms with Gasteiger partial charge >= 0.3 is 0 Å². The third-order valence-electron chi connectivity index (χ3n) is 2.40. The molecular weight excluding hydrogens is 204 g/mol. The molecule has 1 aromatic rings. The van der Waals surface area contributed by atoms with Crippen molar-refractivity contribution in [2.24, 2.45) is 5.73 Å². The molecule has 0 saturated carbocycles. The Labute approximate surface area is 87.3 Å². The highest BCUT2D eigenvalue weighted by Gasteiger charge is 2.19. The Hall–Kier alpha value is -0.0900. The molecule has 1 fully saturated rings. The van der Waals surface area contributed by atoms with E-state index in [1.165, 1.54) is 5.56 Å². The number of likely N-dealkylation sites (tertiary alicyclic amines) is 1. The van der Waals surface area contributed by atoms with Crippen molar-refractivity contribution < 1.29 is 0 Å². The third kappa shape index (κ3) is 2.23. The lowest BCUT2D eigenvalue weighted by atomic mass is 10.3. The Morgan fingerprint density at radius 3 is 3.08 bits per heavy atom. The predicted octanol–water partition coefficient (Wildman–Crippen LogP) is 1.93. The molecular formula is C9H13ClN2S. The SMILES string of the molecule is N[C@@H]1CCN(Cc2ccsc2Cl)C1. The number of rotatable bonds is 2. The quantitative estimate of drug-likeness (QED) is 0.819. The second kappa shape index (κ2) is 3.96. The van der Waals surface area contributed by atoms with Crippen LogP contribution in [0.4, 0.5) is 0 Å². The molecule has 0 radical (unpaired) electrons. The molecule has 2 heterocycles. The number of nitrogens with two attached hydrogens (primary N) is 1. The van der Waals surface area contributed by atoms with Gasteiger partial charge in [0.15, 0.2) is 0 Å². The molecule has 2 nitrogen and oxygen atoms in total. The standard InChI is InChI=1S/C9H13ClN2S/c10-9-7(2-4-13-9)5-12-3-1-8(11)6-12/h2,4,8H,1,3,5-6,11H2/t8-/m1/s1. The van der Waals surface area contributed by atoms with Crippen molar-refractivity contribution in [1.29, 1.82) is 0 Å². The van der Waals surface area contributed by atoms with Crippen molar-refractivity contribution >= 4 is 22.9 Å². The maximum atomic E-state index is 6.02. The Morgan fingerprint density at radius 2 is 2.54 bits per heavy atom. The second-order valence-electron chi connectivity index (χ2n) is 3.50. The molecule has 1 aliphatic rings. The average Bonchev–Trinajstić information content (AvgIpc) is 2.64. The van der Waals surface area contributed by atoms with Gasteiger partial charge < -0.3 is 5.73 Å². The third-order valence-corrected chi connectivity index (χ3v) is 3.65. The van der Waals surface area contributed by atoms with Gasteiger partial charge in [-0.3, -0.25) is 4.90 Å². The highest BCUT2D eigenvalue weighted by molar-refractivity contribution is 7.14. The van der Waals surface area contributed by atoms with E-state index in [9.17, 15) is 0 Å². The Kier molecular flexibility index (Phi) is 2.89. The van der Waals surface area contributed by atoms with E-state index in [-0.39, 0.29) is 0 Å². The Balaban J connectivity index is 1.95. The van der Waals surface area contributed by atoms with Gasteiger partial charge in [0.05, 0.1) is 4.34 Å². The van der Waals surface area contributed by atoms with Gasteiger partial charge in [-0.05, 0) is 23.4 Å². The minimum Gasteiger partial charge on any atom is -0.326 e. The summed E-state index contributed by atoms with van der Waals surface area (Å²) < 4.78 is 0.917. The number of hydrogen-bond donors (Lipinski definition) is 1. The van der Waals surface area contributed by atoms with Gasteiger partial charge in [-0.25, -0.2) is 0 Å². The zero-order valence-corrected chi connectivity index (χ0v) is 8.94. The largest absolute Gasteiger partial charge is 0.326 e. The second-order valence-corrected chi connectivity index (χ2v) is 5.02. The van der Waals surface area contributed by atoms with Gasteiger partial charge in [-0.15, -0.1) is 11.3 Å². The van der Waals surface area contributed by atoms with E-state index in [0.717, 1.165) is 30.4 Å². The predicted molar refractivity (Wildman–Crippen MR) is 57.2 cm³/mol. The first-order valence-electron chi connectivity index (χ1n) is 4.45. The monoisotopic (exact) mass is 216 g/mol. The summed E-state index contributed by atoms with van der Waals surface area (Å²) in [4.78, 5) is 2.36. The molecule has 0 unspecified atom stereocenters. The minimum absolute atomic E-state index is 0.359. The fourth-order valence-corrected chi connectivity index (χ4v) is 2.59. The van der Waals surface area contributed by atoms with Gasteiger partial charge in [-0.1, -0.05) is 11.6 Å². The van der Waals surface area contributed by atoms with Crippen LogP contribution in [0.5, 0.6) is 0 Å². The molecule has 0 aliphatic carbocycles. The van der Waals surface area contributed by atoms with Crippen molar-refractivity contribution in [3.8, 4) is 0 Å². The van der Waals surface area contributed by atoms with Crippen LogP contribution in [0.3, 0.4) is 0 Å². The first kappa shape index (κ1) is 9.46. The van der Waals surface area contributed by atoms with Gasteiger partial charge in [0.2, 0.25) is 0 Å². The van der Waals surface area contributed by atoms with Crippen LogP contribution in [0.2, 0.25) is 4.34 Å². The summed E-state index contributed by atoms with van der Waals surface area (Å²) in [5.74, 6) is 0. The normalized spacial score (nSPS) is 24.0. The highest BCUT2D eigenvalue weighted by atomic mass is 35.5. The lowest BCUT2D eigenvalue weighted by Crippen LogP contribution is -2.26. The summed E-state index contributed by atoms with van der Waals surface area (Å²) in [7, 11) is 0. The van der Waals surface area contributed by atoms with Gasteiger partial charge in [0.1, 0.15) is 0 Å². The van der Waals surface area contributed by atoms with Crippen molar-refractivity contribution in [3.05, 3.63) is 21.3 Å². The van der Waals surface area contributed by atoms with Crippen LogP contribution in [0.25, 0.3) is 0 Å². The van der Waals surface area contributed by atoms with E-state index in [0.29, 0.717) is 6.04 Å². The van der Waals surface area contributed by atoms with E-state index in [4.69, 9.17) is 17.3 Å². The Morgan fingerprint density at radius 1 is 1.69 bits per heavy atom. The molecule has 0 bridgehead atoms. The number of nitrogens with zero attached hydrogens (tertiary/aromatic N) is 1. The van der Waals surface area contributed by atoms with Gasteiger partial charge in [0, 0.05) is 25.7 Å². The lowest BCUT2D eigenvalue weighted by Gasteiger charge is -2.13. The molecule has 0 aromatic carbocycles. The Bertz CT molecular complexity index is 287. The van der Waals surface area contributed by atoms with Gasteiger partial charge in [0.25, 0.3) is 0 Å². The first-order chi connectivity index (χ1) is 6.25. The molecule has 2 rings (SSSR count). The van der Waals surface area contributed by atoms with E-state index < -0.39 is 0 Å². The van der Waals surface area contributed by atoms with Crippen LogP contribution in [0.1, 0.15) is 12.0 Å². The van der Waals surface area contributed by atoms with Crippen molar-refractivity contribution in [2.75, 3.05) is 13.1 Å². The van der Waals surface area contributed by atoms with Crippen molar-refractivity contribution in [3.63, 3.8) is 0 Å². The highest BCUT2D eigenvalue weighted by Crippen LogP contribution is 2.25. The van der Waals surface area contributed by atoms with Crippen LogP contribution < -0.4 is 5.73 Å². The molecule has 72 valence electrons. The topological polar surface area (TPSA) is 29.3 Å². The maximum absolute atomic E-state index is 6.02. The average molecular weight is 217 g/mol. The molecule has 2 N–H and O–H groups in total. The van der Waals surface area contributed by atoms with Gasteiger partial charge in [-0.2, -0.15) is 0 Å². The van der Waals surface area contributed by atoms with E-state index in [1.807, 2.05) is 5.38 Å². The zero-order valence-electron chi connectivity index (χ0n) is 7.37. The molecule has 1 saturated heterocycles. The van der Waals surface area contributed by atoms with Crippen LogP contribution in [-0.2, 0) is 6.54 Å². The summed E-state index contributed by atoms with van der Waals surface area (Å²) in [5, 5.41) is 2.04. The summed E-state index contributed by atoms with van der Waals surface area (Å²) in [6, 6.07) is 2.45. The van der Waals surface area contributed by atoms with E-state index in [1.54, 1.807) is 11.3 Å². The first-order valence-corrected chi connectivity index (χ1v) is 5.71. The van der Waals surface area contributed by atoms with Crippen LogP contribution in [-0.4, -0.2) is 24.0 Å². The molecule has 0 amide bonds. The van der Waals surface area contributed by atoms with Crippen LogP contribution in [0.15, 0.2) is 11.4 Å². The molecule has 0 spiro atoms. The van der Waals surface area contributed by atoms with E-state index in [2.05, 4.69) is 11.0 Å². The van der Waals surface area contributed by atoms with Crippen molar-refractivity contribution in [2.45, 2.75) is 19.0 Å². The fraction of sp³-hybridized carbons (Fsp3) is 0.556. The number of halogens is 1. The summed E-state index contributed by atoms with van der Waals surface area (Å²) >= 11 is 7.61. The molecule has 4 heteroatoms. The lowest BCUT2D eigenvalue weighted by molar-refractivity contribution is 0.327. The number of thiophene rings is 1. The smallest absolute Gasteiger partial charge is 0.0973 e. The molecule has 1 aliphatic heterocycles. The molecule has 1 aromatic heterocycles. The van der Waals surface area contributed by atoms with Crippen LogP contribution >= 0.6 is 22.9 Å². The maximum Gasteiger partial charge on any atom is 0.0973 e. The summed E-state index contributed by atoms with van der Waals surface area (Å²) in [5.41, 5.74) is 7.06. The summed E-state index contributed by atoms with van der Waals surface area (Å²) in [6.07, 6.45) is 1.11. The van der Waals surface area contributed by atoms with Crippen molar-refractivity contribution in [1.82, 2.24) is 4.90 Å². The van der Waals surface area contributed by atoms with E-state index >= 15 is 0 Å². The number of hydrogen-bond acceptors (Lipinski definition) is 3. The molecule has 1 atom stereocenters. The molecule has 13 heavy (non-hydrogen) atoms. The fourth-order valence-electron chi connectivity index (χ4n) is 1.68. The zero-order chi connectivity index (χ0) is 9.26. The minimum atomic E-state index is 0.359. The summed E-state index contributed by atoms with van der Waals surface area (Å²) in [6.45, 7) is 3.07.